The van der Waals surface area contributed by atoms with Gasteiger partial charge in [0, 0.05) is 12.1 Å². The Morgan fingerprint density at radius 3 is 2.00 bits per heavy atom. The minimum absolute atomic E-state index is 0.613. The third kappa shape index (κ3) is 8.92. The smallest absolute Gasteiger partial charge is 0.00667 e. The first-order valence-corrected chi connectivity index (χ1v) is 6.84. The number of nitrogens with one attached hydrogen (secondary N) is 1. The lowest BCUT2D eigenvalue weighted by molar-refractivity contribution is 0.346. The first kappa shape index (κ1) is 15.0. The summed E-state index contributed by atoms with van der Waals surface area (Å²) in [5.41, 5.74) is 0. The van der Waals surface area contributed by atoms with Crippen LogP contribution in [0.25, 0.3) is 0 Å². The van der Waals surface area contributed by atoms with Gasteiger partial charge in [0.25, 0.3) is 0 Å². The fourth-order valence-electron chi connectivity index (χ4n) is 2.01. The third-order valence-corrected chi connectivity index (χ3v) is 3.21. The second-order valence-electron chi connectivity index (χ2n) is 5.29. The molecule has 0 spiro atoms. The summed E-state index contributed by atoms with van der Waals surface area (Å²) in [6, 6.07) is 1.28. The number of rotatable bonds is 9. The molecule has 15 heavy (non-hydrogen) atoms. The van der Waals surface area contributed by atoms with E-state index in [1.165, 1.54) is 38.5 Å². The highest BCUT2D eigenvalue weighted by Crippen LogP contribution is 2.14. The van der Waals surface area contributed by atoms with Crippen molar-refractivity contribution in [1.29, 1.82) is 0 Å². The van der Waals surface area contributed by atoms with Crippen LogP contribution in [0.2, 0.25) is 0 Å². The maximum absolute atomic E-state index is 3.59. The number of unbranched alkanes of at least 4 members (excludes halogenated alkanes) is 4. The van der Waals surface area contributed by atoms with Crippen molar-refractivity contribution in [2.45, 2.75) is 85.2 Å². The van der Waals surface area contributed by atoms with Crippen molar-refractivity contribution < 1.29 is 0 Å². The van der Waals surface area contributed by atoms with Gasteiger partial charge in [0.15, 0.2) is 0 Å². The molecule has 0 heterocycles. The fourth-order valence-corrected chi connectivity index (χ4v) is 2.01. The second-order valence-corrected chi connectivity index (χ2v) is 5.29. The lowest BCUT2D eigenvalue weighted by atomic mass is 9.95. The molecule has 0 aromatic rings. The molecule has 1 heteroatoms. The first-order chi connectivity index (χ1) is 7.07. The van der Waals surface area contributed by atoms with Gasteiger partial charge in [-0.05, 0) is 19.3 Å². The van der Waals surface area contributed by atoms with E-state index in [-0.39, 0.29) is 0 Å². The fraction of sp³-hybridized carbons (Fsp3) is 1.00. The van der Waals surface area contributed by atoms with Gasteiger partial charge in [0.1, 0.15) is 0 Å². The molecule has 0 fully saturated rings. The van der Waals surface area contributed by atoms with Gasteiger partial charge in [0.05, 0.1) is 0 Å². The molecule has 1 N–H and O–H groups in total. The molecule has 0 rings (SSSR count). The molecule has 0 aliphatic heterocycles. The molecule has 0 saturated heterocycles. The summed E-state index contributed by atoms with van der Waals surface area (Å²) in [7, 11) is 0. The van der Waals surface area contributed by atoms with Gasteiger partial charge in [-0.2, -0.15) is 0 Å². The standard InChI is InChI=1S/C14H31N/c1-6-7-8-9-10-11-13(4)14(5)15-12(2)3/h12-15H,6-11H2,1-5H3. The van der Waals surface area contributed by atoms with E-state index in [0.717, 1.165) is 5.92 Å². The van der Waals surface area contributed by atoms with Gasteiger partial charge < -0.3 is 5.32 Å². The number of hydrogen-bond acceptors (Lipinski definition) is 1. The summed E-state index contributed by atoms with van der Waals surface area (Å²) in [6.07, 6.45) is 8.40. The summed E-state index contributed by atoms with van der Waals surface area (Å²) in [5.74, 6) is 0.814. The molecule has 0 aliphatic rings. The highest BCUT2D eigenvalue weighted by molar-refractivity contribution is 4.70. The molecule has 0 amide bonds. The molecule has 0 aromatic carbocycles. The minimum atomic E-state index is 0.613. The predicted octanol–water partition coefficient (Wildman–Crippen LogP) is 4.37. The largest absolute Gasteiger partial charge is 0.312 e. The van der Waals surface area contributed by atoms with Crippen molar-refractivity contribution in [3.05, 3.63) is 0 Å². The van der Waals surface area contributed by atoms with E-state index in [4.69, 9.17) is 0 Å². The van der Waals surface area contributed by atoms with Crippen LogP contribution in [-0.4, -0.2) is 12.1 Å². The van der Waals surface area contributed by atoms with E-state index < -0.39 is 0 Å². The predicted molar refractivity (Wildman–Crippen MR) is 70.3 cm³/mol. The molecule has 0 aromatic heterocycles. The van der Waals surface area contributed by atoms with Crippen molar-refractivity contribution in [3.8, 4) is 0 Å². The molecule has 1 nitrogen and oxygen atoms in total. The zero-order valence-corrected chi connectivity index (χ0v) is 11.5. The minimum Gasteiger partial charge on any atom is -0.312 e. The van der Waals surface area contributed by atoms with Crippen LogP contribution in [0.5, 0.6) is 0 Å². The Morgan fingerprint density at radius 2 is 1.47 bits per heavy atom. The maximum atomic E-state index is 3.59. The molecule has 0 radical (unpaired) electrons. The lowest BCUT2D eigenvalue weighted by Gasteiger charge is -2.23. The molecule has 0 aliphatic carbocycles. The summed E-state index contributed by atoms with van der Waals surface area (Å²) in [4.78, 5) is 0. The van der Waals surface area contributed by atoms with Gasteiger partial charge in [-0.15, -0.1) is 0 Å². The van der Waals surface area contributed by atoms with Crippen LogP contribution in [0.1, 0.15) is 73.1 Å². The molecule has 0 saturated carbocycles. The third-order valence-electron chi connectivity index (χ3n) is 3.21. The van der Waals surface area contributed by atoms with Gasteiger partial charge in [-0.1, -0.05) is 59.8 Å². The SMILES string of the molecule is CCCCCCCC(C)C(C)NC(C)C. The topological polar surface area (TPSA) is 12.0 Å². The molecule has 2 atom stereocenters. The number of hydrogen-bond donors (Lipinski definition) is 1. The quantitative estimate of drug-likeness (QED) is 0.561. The lowest BCUT2D eigenvalue weighted by Crippen LogP contribution is -2.36. The van der Waals surface area contributed by atoms with Gasteiger partial charge in [0.2, 0.25) is 0 Å². The average molecular weight is 213 g/mol. The van der Waals surface area contributed by atoms with Crippen molar-refractivity contribution >= 4 is 0 Å². The normalized spacial score (nSPS) is 15.6. The Balaban J connectivity index is 3.42. The summed E-state index contributed by atoms with van der Waals surface area (Å²) in [5, 5.41) is 3.59. The van der Waals surface area contributed by atoms with Crippen LogP contribution < -0.4 is 5.32 Å². The van der Waals surface area contributed by atoms with Crippen molar-refractivity contribution in [2.24, 2.45) is 5.92 Å². The Kier molecular flexibility index (Phi) is 9.18. The van der Waals surface area contributed by atoms with E-state index in [1.807, 2.05) is 0 Å². The van der Waals surface area contributed by atoms with E-state index in [1.54, 1.807) is 0 Å². The van der Waals surface area contributed by atoms with Crippen LogP contribution in [0.4, 0.5) is 0 Å². The zero-order valence-electron chi connectivity index (χ0n) is 11.5. The van der Waals surface area contributed by atoms with Crippen molar-refractivity contribution in [1.82, 2.24) is 5.32 Å². The summed E-state index contributed by atoms with van der Waals surface area (Å²) in [6.45, 7) is 11.4. The highest BCUT2D eigenvalue weighted by atomic mass is 14.9. The van der Waals surface area contributed by atoms with E-state index in [0.29, 0.717) is 12.1 Å². The van der Waals surface area contributed by atoms with Gasteiger partial charge in [-0.3, -0.25) is 0 Å². The van der Waals surface area contributed by atoms with Crippen molar-refractivity contribution in [2.75, 3.05) is 0 Å². The van der Waals surface area contributed by atoms with Crippen LogP contribution in [0.15, 0.2) is 0 Å². The van der Waals surface area contributed by atoms with E-state index in [2.05, 4.69) is 39.9 Å². The average Bonchev–Trinajstić information content (AvgIpc) is 2.16. The molecular formula is C14H31N. The van der Waals surface area contributed by atoms with Crippen LogP contribution in [-0.2, 0) is 0 Å². The van der Waals surface area contributed by atoms with E-state index in [9.17, 15) is 0 Å². The molecule has 0 bridgehead atoms. The van der Waals surface area contributed by atoms with E-state index >= 15 is 0 Å². The van der Waals surface area contributed by atoms with Crippen LogP contribution in [0.3, 0.4) is 0 Å². The molecule has 92 valence electrons. The zero-order chi connectivity index (χ0) is 11.7. The second kappa shape index (κ2) is 9.21. The first-order valence-electron chi connectivity index (χ1n) is 6.84. The monoisotopic (exact) mass is 213 g/mol. The highest BCUT2D eigenvalue weighted by Gasteiger charge is 2.11. The van der Waals surface area contributed by atoms with Crippen molar-refractivity contribution in [3.63, 3.8) is 0 Å². The van der Waals surface area contributed by atoms with Crippen LogP contribution >= 0.6 is 0 Å². The Hall–Kier alpha value is -0.0400. The van der Waals surface area contributed by atoms with Crippen LogP contribution in [0, 0.1) is 5.92 Å². The molecule has 2 unspecified atom stereocenters. The Bertz CT molecular complexity index is 131. The van der Waals surface area contributed by atoms with Gasteiger partial charge in [-0.25, -0.2) is 0 Å². The summed E-state index contributed by atoms with van der Waals surface area (Å²) < 4.78 is 0. The maximum Gasteiger partial charge on any atom is 0.00667 e. The van der Waals surface area contributed by atoms with Gasteiger partial charge >= 0.3 is 0 Å². The summed E-state index contributed by atoms with van der Waals surface area (Å²) >= 11 is 0. The Morgan fingerprint density at radius 1 is 0.867 bits per heavy atom. The Labute approximate surface area is 97.0 Å². The molecular weight excluding hydrogens is 182 g/mol.